The van der Waals surface area contributed by atoms with Crippen LogP contribution in [-0.2, 0) is 6.42 Å². The molecule has 0 bridgehead atoms. The fourth-order valence-electron chi connectivity index (χ4n) is 3.56. The number of furan rings is 1. The molecular formula is C21H31IN4O3. The summed E-state index contributed by atoms with van der Waals surface area (Å²) < 4.78 is 10.8. The van der Waals surface area contributed by atoms with E-state index in [1.807, 2.05) is 24.3 Å². The molecule has 1 fully saturated rings. The number of benzene rings is 1. The molecule has 2 aromatic rings. The van der Waals surface area contributed by atoms with Gasteiger partial charge in [0, 0.05) is 26.2 Å². The Morgan fingerprint density at radius 2 is 2.07 bits per heavy atom. The second-order valence-electron chi connectivity index (χ2n) is 6.90. The maximum atomic E-state index is 10.1. The smallest absolute Gasteiger partial charge is 0.191 e. The fourth-order valence-corrected chi connectivity index (χ4v) is 3.56. The number of phenolic OH excluding ortho intramolecular Hbond substituents is 1. The van der Waals surface area contributed by atoms with E-state index in [1.54, 1.807) is 26.5 Å². The van der Waals surface area contributed by atoms with E-state index in [1.165, 1.54) is 12.8 Å². The molecule has 8 heteroatoms. The lowest BCUT2D eigenvalue weighted by atomic mass is 10.1. The van der Waals surface area contributed by atoms with E-state index in [2.05, 4.69) is 20.5 Å². The fraction of sp³-hybridized carbons (Fsp3) is 0.476. The van der Waals surface area contributed by atoms with Crippen molar-refractivity contribution < 1.29 is 14.3 Å². The lowest BCUT2D eigenvalue weighted by Crippen LogP contribution is -2.43. The molecule has 1 atom stereocenters. The van der Waals surface area contributed by atoms with Crippen LogP contribution in [0.25, 0.3) is 0 Å². The van der Waals surface area contributed by atoms with Gasteiger partial charge in [0.15, 0.2) is 5.96 Å². The highest BCUT2D eigenvalue weighted by Crippen LogP contribution is 2.25. The molecule has 0 aliphatic carbocycles. The summed E-state index contributed by atoms with van der Waals surface area (Å²) in [7, 11) is 3.35. The highest BCUT2D eigenvalue weighted by atomic mass is 127. The zero-order chi connectivity index (χ0) is 19.8. The van der Waals surface area contributed by atoms with Crippen LogP contribution in [0.2, 0.25) is 0 Å². The van der Waals surface area contributed by atoms with Crippen LogP contribution in [0.15, 0.2) is 46.0 Å². The van der Waals surface area contributed by atoms with Crippen molar-refractivity contribution in [1.82, 2.24) is 15.5 Å². The number of ether oxygens (including phenoxy) is 1. The van der Waals surface area contributed by atoms with Gasteiger partial charge in [-0.05, 0) is 56.1 Å². The molecule has 0 spiro atoms. The van der Waals surface area contributed by atoms with Gasteiger partial charge in [-0.2, -0.15) is 0 Å². The Morgan fingerprint density at radius 3 is 2.69 bits per heavy atom. The number of nitrogens with one attached hydrogen (secondary N) is 2. The minimum atomic E-state index is 0. The third-order valence-electron chi connectivity index (χ3n) is 5.12. The van der Waals surface area contributed by atoms with Crippen molar-refractivity contribution in [2.75, 3.05) is 40.3 Å². The molecular weight excluding hydrogens is 483 g/mol. The molecule has 29 heavy (non-hydrogen) atoms. The first-order chi connectivity index (χ1) is 13.7. The third kappa shape index (κ3) is 6.53. The van der Waals surface area contributed by atoms with Gasteiger partial charge in [-0.25, -0.2) is 0 Å². The van der Waals surface area contributed by atoms with Crippen molar-refractivity contribution in [2.45, 2.75) is 25.3 Å². The molecule has 1 aliphatic rings. The summed E-state index contributed by atoms with van der Waals surface area (Å²) >= 11 is 0. The number of methoxy groups -OCH3 is 1. The summed E-state index contributed by atoms with van der Waals surface area (Å²) in [4.78, 5) is 6.76. The van der Waals surface area contributed by atoms with Crippen molar-refractivity contribution in [3.05, 3.63) is 47.9 Å². The molecule has 160 valence electrons. The van der Waals surface area contributed by atoms with Crippen molar-refractivity contribution in [3.63, 3.8) is 0 Å². The van der Waals surface area contributed by atoms with Gasteiger partial charge in [0.1, 0.15) is 17.3 Å². The van der Waals surface area contributed by atoms with Gasteiger partial charge in [0.05, 0.1) is 19.4 Å². The number of hydrogen-bond donors (Lipinski definition) is 3. The predicted molar refractivity (Wildman–Crippen MR) is 125 cm³/mol. The van der Waals surface area contributed by atoms with Crippen molar-refractivity contribution in [2.24, 2.45) is 4.99 Å². The van der Waals surface area contributed by atoms with Crippen molar-refractivity contribution in [1.29, 1.82) is 0 Å². The van der Waals surface area contributed by atoms with Gasteiger partial charge >= 0.3 is 0 Å². The number of phenols is 1. The highest BCUT2D eigenvalue weighted by Gasteiger charge is 2.25. The van der Waals surface area contributed by atoms with E-state index in [4.69, 9.17) is 9.15 Å². The number of aliphatic imine (C=N–C) groups is 1. The zero-order valence-corrected chi connectivity index (χ0v) is 19.4. The molecule has 1 aromatic heterocycles. The van der Waals surface area contributed by atoms with Gasteiger partial charge in [-0.15, -0.1) is 24.0 Å². The number of guanidine groups is 1. The lowest BCUT2D eigenvalue weighted by Gasteiger charge is -2.26. The highest BCUT2D eigenvalue weighted by molar-refractivity contribution is 14.0. The van der Waals surface area contributed by atoms with Gasteiger partial charge < -0.3 is 24.9 Å². The van der Waals surface area contributed by atoms with Crippen molar-refractivity contribution >= 4 is 29.9 Å². The largest absolute Gasteiger partial charge is 0.508 e. The maximum Gasteiger partial charge on any atom is 0.191 e. The number of nitrogens with zero attached hydrogens (tertiary/aromatic N) is 2. The second-order valence-corrected chi connectivity index (χ2v) is 6.90. The first-order valence-electron chi connectivity index (χ1n) is 9.79. The van der Waals surface area contributed by atoms with Crippen LogP contribution in [0.4, 0.5) is 0 Å². The summed E-state index contributed by atoms with van der Waals surface area (Å²) in [5.41, 5.74) is 0.870. The van der Waals surface area contributed by atoms with E-state index in [0.717, 1.165) is 36.9 Å². The predicted octanol–water partition coefficient (Wildman–Crippen LogP) is 3.16. The molecule has 2 heterocycles. The molecule has 1 saturated heterocycles. The Hall–Kier alpha value is -1.94. The number of likely N-dealkylation sites (tertiary alicyclic amines) is 1. The first-order valence-corrected chi connectivity index (χ1v) is 9.79. The number of rotatable bonds is 8. The van der Waals surface area contributed by atoms with Crippen LogP contribution in [0, 0.1) is 0 Å². The van der Waals surface area contributed by atoms with Gasteiger partial charge in [0.2, 0.25) is 0 Å². The average Bonchev–Trinajstić information content (AvgIpc) is 3.42. The van der Waals surface area contributed by atoms with Crippen LogP contribution < -0.4 is 15.4 Å². The molecule has 1 aliphatic heterocycles. The summed E-state index contributed by atoms with van der Waals surface area (Å²) in [5, 5.41) is 16.8. The van der Waals surface area contributed by atoms with E-state index in [0.29, 0.717) is 18.7 Å². The topological polar surface area (TPSA) is 82.3 Å². The van der Waals surface area contributed by atoms with Gasteiger partial charge in [-0.3, -0.25) is 9.89 Å². The summed E-state index contributed by atoms with van der Waals surface area (Å²) in [6.07, 6.45) is 4.88. The molecule has 0 amide bonds. The summed E-state index contributed by atoms with van der Waals surface area (Å²) in [6, 6.07) is 9.53. The normalized spacial score (nSPS) is 15.6. The average molecular weight is 514 g/mol. The van der Waals surface area contributed by atoms with Crippen molar-refractivity contribution in [3.8, 4) is 11.5 Å². The van der Waals surface area contributed by atoms with Crippen LogP contribution >= 0.6 is 24.0 Å². The molecule has 1 aromatic carbocycles. The monoisotopic (exact) mass is 514 g/mol. The van der Waals surface area contributed by atoms with Crippen LogP contribution in [0.1, 0.15) is 30.2 Å². The third-order valence-corrected chi connectivity index (χ3v) is 5.12. The standard InChI is InChI=1S/C21H30N4O3.HI/c1-22-21(23-10-9-16-7-8-17(27-2)14-19(16)26)24-15-18(20-6-5-13-28-20)25-11-3-4-12-25;/h5-8,13-14,18,26H,3-4,9-12,15H2,1-2H3,(H2,22,23,24);1H. The molecule has 0 saturated carbocycles. The number of halogens is 1. The second kappa shape index (κ2) is 11.9. The first kappa shape index (κ1) is 23.3. The van der Waals surface area contributed by atoms with E-state index >= 15 is 0 Å². The SMILES string of the molecule is CN=C(NCCc1ccc(OC)cc1O)NCC(c1ccco1)N1CCCC1.I. The zero-order valence-electron chi connectivity index (χ0n) is 17.1. The van der Waals surface area contributed by atoms with E-state index in [-0.39, 0.29) is 35.8 Å². The number of hydrogen-bond acceptors (Lipinski definition) is 5. The summed E-state index contributed by atoms with van der Waals surface area (Å²) in [6.45, 7) is 3.57. The Morgan fingerprint density at radius 1 is 1.28 bits per heavy atom. The van der Waals surface area contributed by atoms with E-state index < -0.39 is 0 Å². The quantitative estimate of drug-likeness (QED) is 0.285. The Balaban J connectivity index is 0.00000300. The molecule has 1 unspecified atom stereocenters. The minimum absolute atomic E-state index is 0. The van der Waals surface area contributed by atoms with Crippen LogP contribution in [0.5, 0.6) is 11.5 Å². The molecule has 7 nitrogen and oxygen atoms in total. The Bertz CT molecular complexity index is 761. The Kier molecular flexibility index (Phi) is 9.59. The molecule has 0 radical (unpaired) electrons. The number of aromatic hydroxyl groups is 1. The Labute approximate surface area is 189 Å². The van der Waals surface area contributed by atoms with Gasteiger partial charge in [-0.1, -0.05) is 6.07 Å². The maximum absolute atomic E-state index is 10.1. The van der Waals surface area contributed by atoms with Gasteiger partial charge in [0.25, 0.3) is 0 Å². The molecule has 3 rings (SSSR count). The molecule has 3 N–H and O–H groups in total. The lowest BCUT2D eigenvalue weighted by molar-refractivity contribution is 0.215. The summed E-state index contributed by atoms with van der Waals surface area (Å²) in [5.74, 6) is 2.62. The van der Waals surface area contributed by atoms with Crippen LogP contribution in [0.3, 0.4) is 0 Å². The van der Waals surface area contributed by atoms with Crippen LogP contribution in [-0.4, -0.2) is 56.3 Å². The van der Waals surface area contributed by atoms with E-state index in [9.17, 15) is 5.11 Å². The minimum Gasteiger partial charge on any atom is -0.508 e.